The van der Waals surface area contributed by atoms with Crippen molar-refractivity contribution < 1.29 is 9.21 Å². The number of nitrogens with one attached hydrogen (secondary N) is 1. The molecule has 0 aliphatic carbocycles. The van der Waals surface area contributed by atoms with Gasteiger partial charge in [-0.2, -0.15) is 5.10 Å². The van der Waals surface area contributed by atoms with Gasteiger partial charge in [0.25, 0.3) is 0 Å². The maximum atomic E-state index is 12.2. The molecule has 1 saturated heterocycles. The fraction of sp³-hybridized carbons (Fsp3) is 0.136. The summed E-state index contributed by atoms with van der Waals surface area (Å²) in [5, 5.41) is 11.9. The molecule has 5 nitrogen and oxygen atoms in total. The first-order chi connectivity index (χ1) is 14.1. The lowest BCUT2D eigenvalue weighted by Gasteiger charge is -2.05. The van der Waals surface area contributed by atoms with E-state index in [0.29, 0.717) is 22.4 Å². The van der Waals surface area contributed by atoms with Crippen molar-refractivity contribution in [3.8, 4) is 11.3 Å². The molecule has 1 aliphatic rings. The second-order valence-corrected chi connectivity index (χ2v) is 8.28. The summed E-state index contributed by atoms with van der Waals surface area (Å²) in [6, 6.07) is 19.3. The minimum Gasteiger partial charge on any atom is -0.455 e. The van der Waals surface area contributed by atoms with Gasteiger partial charge in [-0.15, -0.1) is 5.10 Å². The van der Waals surface area contributed by atoms with E-state index in [1.165, 1.54) is 23.5 Å². The fourth-order valence-electron chi connectivity index (χ4n) is 2.97. The highest BCUT2D eigenvalue weighted by Crippen LogP contribution is 2.25. The molecule has 0 spiro atoms. The standard InChI is InChI=1S/C22H18ClN3O2S/c1-14-3-2-4-15(11-14)12-20-21(27)25-22(29-20)26-24-13-18-9-10-19(28-18)16-5-7-17(23)8-6-16/h2-11,13,20H,12H2,1H3,(H,25,26,27)/b24-13-/t20-/m1/s1. The lowest BCUT2D eigenvalue weighted by Crippen LogP contribution is -2.25. The van der Waals surface area contributed by atoms with Crippen LogP contribution in [0.3, 0.4) is 0 Å². The molecule has 0 saturated carbocycles. The van der Waals surface area contributed by atoms with E-state index in [9.17, 15) is 4.79 Å². The molecule has 0 unspecified atom stereocenters. The summed E-state index contributed by atoms with van der Waals surface area (Å²) in [5.41, 5.74) is 3.24. The van der Waals surface area contributed by atoms with Crippen LogP contribution < -0.4 is 5.32 Å². The van der Waals surface area contributed by atoms with Gasteiger partial charge in [-0.1, -0.05) is 53.2 Å². The van der Waals surface area contributed by atoms with Gasteiger partial charge < -0.3 is 9.73 Å². The first-order valence-electron chi connectivity index (χ1n) is 9.07. The van der Waals surface area contributed by atoms with Crippen LogP contribution in [0.4, 0.5) is 0 Å². The van der Waals surface area contributed by atoms with E-state index in [-0.39, 0.29) is 11.2 Å². The Balaban J connectivity index is 1.38. The quantitative estimate of drug-likeness (QED) is 0.460. The topological polar surface area (TPSA) is 67.0 Å². The molecular weight excluding hydrogens is 406 g/mol. The number of benzene rings is 2. The van der Waals surface area contributed by atoms with Crippen molar-refractivity contribution in [3.63, 3.8) is 0 Å². The van der Waals surface area contributed by atoms with Crippen molar-refractivity contribution in [1.82, 2.24) is 5.32 Å². The van der Waals surface area contributed by atoms with Crippen LogP contribution in [0.25, 0.3) is 11.3 Å². The lowest BCUT2D eigenvalue weighted by molar-refractivity contribution is -0.118. The molecule has 1 N–H and O–H groups in total. The van der Waals surface area contributed by atoms with Gasteiger partial charge in [0.15, 0.2) is 5.17 Å². The number of amides is 1. The SMILES string of the molecule is Cc1cccc(C[C@H]2S/C(=N/N=C\c3ccc(-c4ccc(Cl)cc4)o3)NC2=O)c1. The highest BCUT2D eigenvalue weighted by Gasteiger charge is 2.30. The van der Waals surface area contributed by atoms with Crippen LogP contribution in [0.15, 0.2) is 75.3 Å². The Labute approximate surface area is 177 Å². The van der Waals surface area contributed by atoms with Crippen LogP contribution in [-0.2, 0) is 11.2 Å². The summed E-state index contributed by atoms with van der Waals surface area (Å²) in [6.07, 6.45) is 2.18. The zero-order valence-electron chi connectivity index (χ0n) is 15.6. The minimum absolute atomic E-state index is 0.0477. The summed E-state index contributed by atoms with van der Waals surface area (Å²) in [7, 11) is 0. The van der Waals surface area contributed by atoms with Crippen LogP contribution in [0.5, 0.6) is 0 Å². The Bertz CT molecular complexity index is 1090. The number of carbonyl (C=O) groups excluding carboxylic acids is 1. The third-order valence-corrected chi connectivity index (χ3v) is 5.69. The van der Waals surface area contributed by atoms with Crippen LogP contribution in [0, 0.1) is 6.92 Å². The fourth-order valence-corrected chi connectivity index (χ4v) is 4.06. The molecule has 2 heterocycles. The van der Waals surface area contributed by atoms with Gasteiger partial charge in [-0.25, -0.2) is 0 Å². The number of hydrogen-bond acceptors (Lipinski definition) is 5. The zero-order valence-corrected chi connectivity index (χ0v) is 17.2. The molecule has 29 heavy (non-hydrogen) atoms. The van der Waals surface area contributed by atoms with E-state index >= 15 is 0 Å². The van der Waals surface area contributed by atoms with E-state index in [0.717, 1.165) is 16.9 Å². The Kier molecular flexibility index (Phi) is 5.83. The van der Waals surface area contributed by atoms with Gasteiger partial charge in [-0.05, 0) is 55.3 Å². The summed E-state index contributed by atoms with van der Waals surface area (Å²) in [4.78, 5) is 12.2. The maximum absolute atomic E-state index is 12.2. The molecule has 1 fully saturated rings. The molecule has 146 valence electrons. The molecule has 1 aromatic heterocycles. The van der Waals surface area contributed by atoms with Crippen molar-refractivity contribution >= 4 is 40.7 Å². The second kappa shape index (κ2) is 8.68. The van der Waals surface area contributed by atoms with Crippen molar-refractivity contribution in [2.24, 2.45) is 10.2 Å². The summed E-state index contributed by atoms with van der Waals surface area (Å²) >= 11 is 7.30. The molecule has 4 rings (SSSR count). The highest BCUT2D eigenvalue weighted by molar-refractivity contribution is 8.15. The molecule has 1 atom stereocenters. The molecule has 1 aliphatic heterocycles. The van der Waals surface area contributed by atoms with Crippen LogP contribution >= 0.6 is 23.4 Å². The summed E-state index contributed by atoms with van der Waals surface area (Å²) < 4.78 is 5.75. The third-order valence-electron chi connectivity index (χ3n) is 4.37. The van der Waals surface area contributed by atoms with Crippen LogP contribution in [0.2, 0.25) is 5.02 Å². The third kappa shape index (κ3) is 4.96. The monoisotopic (exact) mass is 423 g/mol. The number of rotatable bonds is 5. The van der Waals surface area contributed by atoms with Crippen molar-refractivity contribution in [2.75, 3.05) is 0 Å². The van der Waals surface area contributed by atoms with E-state index in [4.69, 9.17) is 16.0 Å². The van der Waals surface area contributed by atoms with Crippen LogP contribution in [0.1, 0.15) is 16.9 Å². The van der Waals surface area contributed by atoms with E-state index in [1.54, 1.807) is 0 Å². The molecule has 1 amide bonds. The van der Waals surface area contributed by atoms with Gasteiger partial charge >= 0.3 is 0 Å². The summed E-state index contributed by atoms with van der Waals surface area (Å²) in [5.74, 6) is 1.25. The maximum Gasteiger partial charge on any atom is 0.239 e. The average Bonchev–Trinajstić information content (AvgIpc) is 3.30. The molecule has 0 radical (unpaired) electrons. The average molecular weight is 424 g/mol. The summed E-state index contributed by atoms with van der Waals surface area (Å²) in [6.45, 7) is 2.04. The minimum atomic E-state index is -0.203. The van der Waals surface area contributed by atoms with Gasteiger partial charge in [0, 0.05) is 10.6 Å². The van der Waals surface area contributed by atoms with Gasteiger partial charge in [-0.3, -0.25) is 4.79 Å². The Morgan fingerprint density at radius 3 is 2.79 bits per heavy atom. The number of carbonyl (C=O) groups is 1. The predicted molar refractivity (Wildman–Crippen MR) is 119 cm³/mol. The second-order valence-electron chi connectivity index (χ2n) is 6.65. The van der Waals surface area contributed by atoms with Gasteiger partial charge in [0.05, 0.1) is 11.5 Å². The largest absolute Gasteiger partial charge is 0.455 e. The van der Waals surface area contributed by atoms with Gasteiger partial charge in [0.2, 0.25) is 5.91 Å². The van der Waals surface area contributed by atoms with E-state index in [1.807, 2.05) is 61.5 Å². The Hall–Kier alpha value is -2.83. The smallest absolute Gasteiger partial charge is 0.239 e. The zero-order chi connectivity index (χ0) is 20.2. The normalized spacial score (nSPS) is 17.9. The molecule has 2 aromatic carbocycles. The molecule has 3 aromatic rings. The Morgan fingerprint density at radius 1 is 1.17 bits per heavy atom. The van der Waals surface area contributed by atoms with E-state index < -0.39 is 0 Å². The molecule has 7 heteroatoms. The van der Waals surface area contributed by atoms with Crippen LogP contribution in [-0.4, -0.2) is 22.5 Å². The number of thioether (sulfide) groups is 1. The van der Waals surface area contributed by atoms with Crippen molar-refractivity contribution in [2.45, 2.75) is 18.6 Å². The van der Waals surface area contributed by atoms with E-state index in [2.05, 4.69) is 21.6 Å². The number of halogens is 1. The first kappa shape index (κ1) is 19.5. The molecule has 0 bridgehead atoms. The first-order valence-corrected chi connectivity index (χ1v) is 10.3. The highest BCUT2D eigenvalue weighted by atomic mass is 35.5. The number of hydrogen-bond donors (Lipinski definition) is 1. The number of amidine groups is 1. The number of nitrogens with zero attached hydrogens (tertiary/aromatic N) is 2. The van der Waals surface area contributed by atoms with Gasteiger partial charge in [0.1, 0.15) is 11.5 Å². The lowest BCUT2D eigenvalue weighted by atomic mass is 10.1. The van der Waals surface area contributed by atoms with Crippen molar-refractivity contribution in [3.05, 3.63) is 82.6 Å². The molecular formula is C22H18ClN3O2S. The predicted octanol–water partition coefficient (Wildman–Crippen LogP) is 5.07. The van der Waals surface area contributed by atoms with Crippen molar-refractivity contribution in [1.29, 1.82) is 0 Å². The number of furan rings is 1. The number of aryl methyl sites for hydroxylation is 1. The Morgan fingerprint density at radius 2 is 2.00 bits per heavy atom.